The highest BCUT2D eigenvalue weighted by molar-refractivity contribution is 5.82. The summed E-state index contributed by atoms with van der Waals surface area (Å²) in [6, 6.07) is 0. The van der Waals surface area contributed by atoms with Crippen molar-refractivity contribution in [3.05, 3.63) is 24.3 Å². The molecule has 20 heavy (non-hydrogen) atoms. The summed E-state index contributed by atoms with van der Waals surface area (Å²) in [5.41, 5.74) is 0. The van der Waals surface area contributed by atoms with E-state index in [0.717, 1.165) is 12.8 Å². The zero-order valence-corrected chi connectivity index (χ0v) is 12.3. The lowest BCUT2D eigenvalue weighted by Gasteiger charge is -2.27. The van der Waals surface area contributed by atoms with Crippen molar-refractivity contribution in [1.82, 2.24) is 0 Å². The zero-order chi connectivity index (χ0) is 14.8. The Morgan fingerprint density at radius 1 is 0.900 bits per heavy atom. The van der Waals surface area contributed by atoms with Gasteiger partial charge in [-0.15, -0.1) is 0 Å². The molecule has 1 aliphatic carbocycles. The van der Waals surface area contributed by atoms with Crippen LogP contribution in [0, 0.1) is 11.8 Å². The predicted octanol–water partition coefficient (Wildman–Crippen LogP) is 3.03. The maximum atomic E-state index is 12.0. The molecule has 0 heterocycles. The van der Waals surface area contributed by atoms with Crippen LogP contribution in [0.15, 0.2) is 24.3 Å². The molecule has 0 spiro atoms. The van der Waals surface area contributed by atoms with Crippen molar-refractivity contribution in [2.45, 2.75) is 39.5 Å². The van der Waals surface area contributed by atoms with E-state index in [0.29, 0.717) is 12.8 Å². The molecule has 1 aliphatic rings. The first kappa shape index (κ1) is 16.5. The smallest absolute Gasteiger partial charge is 0.310 e. The van der Waals surface area contributed by atoms with Crippen LogP contribution in [0.1, 0.15) is 39.5 Å². The number of carbonyl (C=O) groups excluding carboxylic acids is 2. The molecule has 0 aromatic rings. The van der Waals surface area contributed by atoms with E-state index >= 15 is 0 Å². The van der Waals surface area contributed by atoms with Crippen molar-refractivity contribution < 1.29 is 19.1 Å². The highest BCUT2D eigenvalue weighted by Crippen LogP contribution is 2.32. The third kappa shape index (κ3) is 5.19. The molecular formula is C16H24O4. The first-order valence-corrected chi connectivity index (χ1v) is 7.26. The van der Waals surface area contributed by atoms with Gasteiger partial charge >= 0.3 is 11.9 Å². The molecule has 1 fully saturated rings. The summed E-state index contributed by atoms with van der Waals surface area (Å²) in [5.74, 6) is -1.27. The molecule has 0 saturated heterocycles. The second-order valence-corrected chi connectivity index (χ2v) is 4.90. The van der Waals surface area contributed by atoms with E-state index < -0.39 is 0 Å². The Kier molecular flexibility index (Phi) is 7.70. The van der Waals surface area contributed by atoms with E-state index in [4.69, 9.17) is 9.47 Å². The molecule has 0 aromatic carbocycles. The van der Waals surface area contributed by atoms with Crippen molar-refractivity contribution in [3.63, 3.8) is 0 Å². The predicted molar refractivity (Wildman–Crippen MR) is 77.0 cm³/mol. The fraction of sp³-hybridized carbons (Fsp3) is 0.625. The molecule has 0 N–H and O–H groups in total. The number of carbonyl (C=O) groups is 2. The number of allylic oxidation sites excluding steroid dienone is 2. The van der Waals surface area contributed by atoms with Gasteiger partial charge in [0.2, 0.25) is 0 Å². The van der Waals surface area contributed by atoms with Gasteiger partial charge < -0.3 is 9.47 Å². The molecule has 0 amide bonds. The maximum Gasteiger partial charge on any atom is 0.310 e. The van der Waals surface area contributed by atoms with E-state index in [1.54, 1.807) is 12.2 Å². The second kappa shape index (κ2) is 9.34. The summed E-state index contributed by atoms with van der Waals surface area (Å²) in [5, 5.41) is 0. The molecular weight excluding hydrogens is 256 g/mol. The van der Waals surface area contributed by atoms with Crippen molar-refractivity contribution >= 4 is 11.9 Å². The molecule has 4 heteroatoms. The molecule has 0 bridgehead atoms. The zero-order valence-electron chi connectivity index (χ0n) is 12.3. The largest absolute Gasteiger partial charge is 0.461 e. The molecule has 0 aliphatic heterocycles. The van der Waals surface area contributed by atoms with Crippen molar-refractivity contribution in [1.29, 1.82) is 0 Å². The molecule has 2 atom stereocenters. The number of hydrogen-bond donors (Lipinski definition) is 0. The lowest BCUT2D eigenvalue weighted by molar-refractivity contribution is -0.161. The van der Waals surface area contributed by atoms with Gasteiger partial charge in [-0.2, -0.15) is 0 Å². The summed E-state index contributed by atoms with van der Waals surface area (Å²) >= 11 is 0. The summed E-state index contributed by atoms with van der Waals surface area (Å²) in [6.07, 6.45) is 10.5. The highest BCUT2D eigenvalue weighted by atomic mass is 16.5. The summed E-state index contributed by atoms with van der Waals surface area (Å²) in [4.78, 5) is 24.1. The normalized spacial score (nSPS) is 23.1. The van der Waals surface area contributed by atoms with E-state index in [1.165, 1.54) is 0 Å². The standard InChI is InChI=1S/C16H24O4/c1-3-5-11-19-15(17)13-9-7-8-10-14(13)16(18)20-12-6-4-2/h3-6,13-14H,7-12H2,1-2H3/b5-3+,6-4+. The first-order chi connectivity index (χ1) is 9.70. The van der Waals surface area contributed by atoms with Crippen LogP contribution in [0.5, 0.6) is 0 Å². The third-order valence-corrected chi connectivity index (χ3v) is 3.49. The quantitative estimate of drug-likeness (QED) is 0.554. The molecule has 112 valence electrons. The Labute approximate surface area is 120 Å². The Bertz CT molecular complexity index is 335. The minimum absolute atomic E-state index is 0.270. The van der Waals surface area contributed by atoms with Gasteiger partial charge in [0.25, 0.3) is 0 Å². The van der Waals surface area contributed by atoms with Crippen LogP contribution in [0.3, 0.4) is 0 Å². The van der Waals surface area contributed by atoms with Gasteiger partial charge in [-0.05, 0) is 26.7 Å². The van der Waals surface area contributed by atoms with Gasteiger partial charge in [0, 0.05) is 0 Å². The molecule has 1 rings (SSSR count). The summed E-state index contributed by atoms with van der Waals surface area (Å²) in [6.45, 7) is 4.28. The molecule has 0 aromatic heterocycles. The van der Waals surface area contributed by atoms with Crippen LogP contribution >= 0.6 is 0 Å². The maximum absolute atomic E-state index is 12.0. The first-order valence-electron chi connectivity index (χ1n) is 7.26. The lowest BCUT2D eigenvalue weighted by atomic mass is 9.79. The van der Waals surface area contributed by atoms with Gasteiger partial charge in [-0.3, -0.25) is 9.59 Å². The van der Waals surface area contributed by atoms with Crippen LogP contribution in [0.2, 0.25) is 0 Å². The SMILES string of the molecule is C/C=C/COC(=O)C1CCCCC1C(=O)OC/C=C/C. The number of ether oxygens (including phenoxy) is 2. The van der Waals surface area contributed by atoms with Gasteiger partial charge in [-0.25, -0.2) is 0 Å². The second-order valence-electron chi connectivity index (χ2n) is 4.90. The van der Waals surface area contributed by atoms with E-state index in [-0.39, 0.29) is 37.0 Å². The molecule has 1 saturated carbocycles. The average Bonchev–Trinajstić information content (AvgIpc) is 2.47. The highest BCUT2D eigenvalue weighted by Gasteiger charge is 2.37. The van der Waals surface area contributed by atoms with Crippen LogP contribution in [0.25, 0.3) is 0 Å². The summed E-state index contributed by atoms with van der Waals surface area (Å²) in [7, 11) is 0. The van der Waals surface area contributed by atoms with Crippen LogP contribution in [-0.4, -0.2) is 25.2 Å². The number of hydrogen-bond acceptors (Lipinski definition) is 4. The monoisotopic (exact) mass is 280 g/mol. The topological polar surface area (TPSA) is 52.6 Å². The van der Waals surface area contributed by atoms with Crippen molar-refractivity contribution in [2.24, 2.45) is 11.8 Å². The minimum atomic E-state index is -0.355. The van der Waals surface area contributed by atoms with Gasteiger partial charge in [0.05, 0.1) is 11.8 Å². The molecule has 4 nitrogen and oxygen atoms in total. The molecule has 0 radical (unpaired) electrons. The Morgan fingerprint density at radius 2 is 1.30 bits per heavy atom. The van der Waals surface area contributed by atoms with Gasteiger partial charge in [-0.1, -0.05) is 37.1 Å². The minimum Gasteiger partial charge on any atom is -0.461 e. The average molecular weight is 280 g/mol. The van der Waals surface area contributed by atoms with E-state index in [9.17, 15) is 9.59 Å². The molecule has 2 unspecified atom stereocenters. The third-order valence-electron chi connectivity index (χ3n) is 3.49. The Balaban J connectivity index is 2.56. The summed E-state index contributed by atoms with van der Waals surface area (Å²) < 4.78 is 10.4. The van der Waals surface area contributed by atoms with Gasteiger partial charge in [0.1, 0.15) is 13.2 Å². The van der Waals surface area contributed by atoms with Crippen LogP contribution < -0.4 is 0 Å². The van der Waals surface area contributed by atoms with E-state index in [1.807, 2.05) is 26.0 Å². The van der Waals surface area contributed by atoms with Gasteiger partial charge in [0.15, 0.2) is 0 Å². The van der Waals surface area contributed by atoms with Crippen molar-refractivity contribution in [3.8, 4) is 0 Å². The number of rotatable bonds is 6. The van der Waals surface area contributed by atoms with E-state index in [2.05, 4.69) is 0 Å². The van der Waals surface area contributed by atoms with Crippen molar-refractivity contribution in [2.75, 3.05) is 13.2 Å². The Morgan fingerprint density at radius 3 is 1.65 bits per heavy atom. The van der Waals surface area contributed by atoms with Crippen LogP contribution in [-0.2, 0) is 19.1 Å². The lowest BCUT2D eigenvalue weighted by Crippen LogP contribution is -2.35. The Hall–Kier alpha value is -1.58. The fourth-order valence-electron chi connectivity index (χ4n) is 2.36. The number of esters is 2. The fourth-order valence-corrected chi connectivity index (χ4v) is 2.36. The van der Waals surface area contributed by atoms with Crippen LogP contribution in [0.4, 0.5) is 0 Å².